The first-order chi connectivity index (χ1) is 14.9. The Hall–Kier alpha value is -2.94. The van der Waals surface area contributed by atoms with Crippen LogP contribution in [0, 0.1) is 0 Å². The van der Waals surface area contributed by atoms with Crippen molar-refractivity contribution in [2.75, 3.05) is 13.2 Å². The van der Waals surface area contributed by atoms with Crippen LogP contribution >= 0.6 is 11.6 Å². The van der Waals surface area contributed by atoms with E-state index in [0.29, 0.717) is 33.4 Å². The summed E-state index contributed by atoms with van der Waals surface area (Å²) in [5, 5.41) is 0.598. The first kappa shape index (κ1) is 22.7. The number of nitrogens with one attached hydrogen (secondary N) is 1. The number of carbonyl (C=O) groups is 1. The van der Waals surface area contributed by atoms with Gasteiger partial charge < -0.3 is 14.2 Å². The number of ether oxygens (including phenoxy) is 3. The van der Waals surface area contributed by atoms with E-state index >= 15 is 0 Å². The number of hydroxylamine groups is 1. The Morgan fingerprint density at radius 3 is 2.52 bits per heavy atom. The first-order valence-corrected chi connectivity index (χ1v) is 10.2. The highest BCUT2D eigenvalue weighted by molar-refractivity contribution is 6.31. The number of hydrogen-bond acceptors (Lipinski definition) is 8. The molecule has 31 heavy (non-hydrogen) atoms. The molecule has 8 nitrogen and oxygen atoms in total. The molecule has 0 saturated carbocycles. The quantitative estimate of drug-likeness (QED) is 0.280. The van der Waals surface area contributed by atoms with Gasteiger partial charge in [0.05, 0.1) is 17.2 Å². The fourth-order valence-corrected chi connectivity index (χ4v) is 2.67. The third-order valence-electron chi connectivity index (χ3n) is 3.92. The van der Waals surface area contributed by atoms with Crippen LogP contribution in [-0.4, -0.2) is 41.3 Å². The molecule has 1 aromatic heterocycles. The molecule has 2 aromatic carbocycles. The van der Waals surface area contributed by atoms with Gasteiger partial charge in [-0.05, 0) is 63.2 Å². The molecule has 3 aromatic rings. The lowest BCUT2D eigenvalue weighted by atomic mass is 10.3. The zero-order chi connectivity index (χ0) is 22.2. The maximum Gasteiger partial charge on any atom is 0.347 e. The molecule has 164 valence electrons. The van der Waals surface area contributed by atoms with Crippen LogP contribution in [0.5, 0.6) is 17.4 Å². The van der Waals surface area contributed by atoms with Crippen molar-refractivity contribution in [3.05, 3.63) is 53.7 Å². The number of benzene rings is 2. The molecule has 9 heteroatoms. The Balaban J connectivity index is 1.49. The molecule has 0 amide bonds. The molecular formula is C22H24ClN3O5. The lowest BCUT2D eigenvalue weighted by Gasteiger charge is -2.15. The molecule has 0 aliphatic carbocycles. The van der Waals surface area contributed by atoms with Crippen molar-refractivity contribution in [2.45, 2.75) is 32.9 Å². The van der Waals surface area contributed by atoms with E-state index in [4.69, 9.17) is 30.6 Å². The highest BCUT2D eigenvalue weighted by Gasteiger charge is 2.16. The second kappa shape index (κ2) is 10.9. The summed E-state index contributed by atoms with van der Waals surface area (Å²) in [5.74, 6) is 0.948. The Labute approximate surface area is 185 Å². The van der Waals surface area contributed by atoms with Crippen molar-refractivity contribution in [3.63, 3.8) is 0 Å². The Morgan fingerprint density at radius 1 is 1.03 bits per heavy atom. The molecule has 1 heterocycles. The number of halogens is 1. The molecule has 3 rings (SSSR count). The minimum absolute atomic E-state index is 0.137. The zero-order valence-electron chi connectivity index (χ0n) is 17.5. The van der Waals surface area contributed by atoms with Gasteiger partial charge in [-0.15, -0.1) is 0 Å². The van der Waals surface area contributed by atoms with Gasteiger partial charge in [0.15, 0.2) is 6.10 Å². The summed E-state index contributed by atoms with van der Waals surface area (Å²) in [6.45, 7) is 5.91. The van der Waals surface area contributed by atoms with E-state index in [1.807, 2.05) is 13.8 Å². The second-order valence-electron chi connectivity index (χ2n) is 6.96. The lowest BCUT2D eigenvalue weighted by molar-refractivity contribution is -0.153. The standard InChI is InChI=1S/C22H24ClN3O5/c1-14(2)26-29-11-10-28-22(27)15(3)30-17-5-7-18(8-6-17)31-21-13-24-20-12-16(23)4-9-19(20)25-21/h4-9,12-15,26H,10-11H2,1-3H3. The van der Waals surface area contributed by atoms with Crippen molar-refractivity contribution in [1.82, 2.24) is 15.4 Å². The van der Waals surface area contributed by atoms with Crippen molar-refractivity contribution >= 4 is 28.6 Å². The molecule has 0 spiro atoms. The summed E-state index contributed by atoms with van der Waals surface area (Å²) in [7, 11) is 0. The van der Waals surface area contributed by atoms with E-state index in [-0.39, 0.29) is 19.3 Å². The highest BCUT2D eigenvalue weighted by atomic mass is 35.5. The van der Waals surface area contributed by atoms with Gasteiger partial charge in [0.2, 0.25) is 5.88 Å². The number of esters is 1. The van der Waals surface area contributed by atoms with E-state index in [1.54, 1.807) is 49.4 Å². The lowest BCUT2D eigenvalue weighted by Crippen LogP contribution is -2.29. The van der Waals surface area contributed by atoms with Gasteiger partial charge in [0.25, 0.3) is 0 Å². The molecule has 1 N–H and O–H groups in total. The third-order valence-corrected chi connectivity index (χ3v) is 4.16. The molecule has 1 unspecified atom stereocenters. The van der Waals surface area contributed by atoms with Crippen LogP contribution in [0.4, 0.5) is 0 Å². The number of carbonyl (C=O) groups excluding carboxylic acids is 1. The van der Waals surface area contributed by atoms with E-state index in [0.717, 1.165) is 0 Å². The topological polar surface area (TPSA) is 91.8 Å². The van der Waals surface area contributed by atoms with Crippen LogP contribution in [-0.2, 0) is 14.4 Å². The highest BCUT2D eigenvalue weighted by Crippen LogP contribution is 2.25. The maximum absolute atomic E-state index is 12.0. The SMILES string of the molecule is CC(C)NOCCOC(=O)C(C)Oc1ccc(Oc2cnc3cc(Cl)ccc3n2)cc1. The van der Waals surface area contributed by atoms with Gasteiger partial charge in [0.1, 0.15) is 24.7 Å². The van der Waals surface area contributed by atoms with E-state index in [1.165, 1.54) is 6.20 Å². The predicted octanol–water partition coefficient (Wildman–Crippen LogP) is 4.32. The number of fused-ring (bicyclic) bond motifs is 1. The average molecular weight is 446 g/mol. The first-order valence-electron chi connectivity index (χ1n) is 9.81. The normalized spacial score (nSPS) is 12.0. The van der Waals surface area contributed by atoms with Crippen LogP contribution in [0.3, 0.4) is 0 Å². The Bertz CT molecular complexity index is 1010. The molecule has 0 saturated heterocycles. The van der Waals surface area contributed by atoms with Gasteiger partial charge in [-0.1, -0.05) is 11.6 Å². The van der Waals surface area contributed by atoms with E-state index in [9.17, 15) is 4.79 Å². The van der Waals surface area contributed by atoms with Gasteiger partial charge in [0, 0.05) is 11.1 Å². The fourth-order valence-electron chi connectivity index (χ4n) is 2.50. The molecule has 1 atom stereocenters. The largest absolute Gasteiger partial charge is 0.479 e. The van der Waals surface area contributed by atoms with Crippen molar-refractivity contribution in [2.24, 2.45) is 0 Å². The van der Waals surface area contributed by atoms with Gasteiger partial charge in [-0.25, -0.2) is 14.8 Å². The minimum Gasteiger partial charge on any atom is -0.479 e. The Morgan fingerprint density at radius 2 is 1.77 bits per heavy atom. The van der Waals surface area contributed by atoms with Crippen LogP contribution in [0.2, 0.25) is 5.02 Å². The van der Waals surface area contributed by atoms with Crippen LogP contribution in [0.25, 0.3) is 11.0 Å². The summed E-state index contributed by atoms with van der Waals surface area (Å²) in [6.07, 6.45) is 0.768. The summed E-state index contributed by atoms with van der Waals surface area (Å²) in [4.78, 5) is 25.9. The number of hydrogen-bond donors (Lipinski definition) is 1. The zero-order valence-corrected chi connectivity index (χ0v) is 18.3. The van der Waals surface area contributed by atoms with Crippen LogP contribution in [0.15, 0.2) is 48.7 Å². The smallest absolute Gasteiger partial charge is 0.347 e. The summed E-state index contributed by atoms with van der Waals surface area (Å²) < 4.78 is 16.5. The number of rotatable bonds is 10. The van der Waals surface area contributed by atoms with E-state index in [2.05, 4.69) is 15.4 Å². The van der Waals surface area contributed by atoms with Crippen molar-refractivity contribution in [1.29, 1.82) is 0 Å². The van der Waals surface area contributed by atoms with Gasteiger partial charge in [-0.3, -0.25) is 4.84 Å². The molecule has 0 radical (unpaired) electrons. The second-order valence-corrected chi connectivity index (χ2v) is 7.40. The predicted molar refractivity (Wildman–Crippen MR) is 116 cm³/mol. The van der Waals surface area contributed by atoms with Crippen molar-refractivity contribution in [3.8, 4) is 17.4 Å². The minimum atomic E-state index is -0.761. The summed E-state index contributed by atoms with van der Waals surface area (Å²) >= 11 is 5.96. The average Bonchev–Trinajstić information content (AvgIpc) is 2.74. The van der Waals surface area contributed by atoms with Gasteiger partial charge in [-0.2, -0.15) is 5.48 Å². The Kier molecular flexibility index (Phi) is 8.00. The van der Waals surface area contributed by atoms with Crippen LogP contribution in [0.1, 0.15) is 20.8 Å². The number of aromatic nitrogens is 2. The molecule has 0 fully saturated rings. The molecular weight excluding hydrogens is 422 g/mol. The molecule has 0 aliphatic rings. The van der Waals surface area contributed by atoms with Crippen LogP contribution < -0.4 is 15.0 Å². The monoisotopic (exact) mass is 445 g/mol. The third kappa shape index (κ3) is 7.06. The maximum atomic E-state index is 12.0. The molecule has 0 bridgehead atoms. The fraction of sp³-hybridized carbons (Fsp3) is 0.318. The molecule has 0 aliphatic heterocycles. The van der Waals surface area contributed by atoms with Gasteiger partial charge >= 0.3 is 5.97 Å². The van der Waals surface area contributed by atoms with Crippen molar-refractivity contribution < 1.29 is 23.8 Å². The summed E-state index contributed by atoms with van der Waals surface area (Å²) in [5.41, 5.74) is 4.14. The van der Waals surface area contributed by atoms with E-state index < -0.39 is 12.1 Å². The number of nitrogens with zero attached hydrogens (tertiary/aromatic N) is 2. The summed E-state index contributed by atoms with van der Waals surface area (Å²) in [6, 6.07) is 12.3.